The Morgan fingerprint density at radius 2 is 1.86 bits per heavy atom. The standard InChI is InChI=1S/C13H24N4O2S2/c1-3-7-14-13-15-10-12(11-16-13)21(18,19)17-8-5-4-6-9-20-2/h10-11,17H,3-9H2,1-2H3,(H,14,15,16). The van der Waals surface area contributed by atoms with E-state index < -0.39 is 10.0 Å². The summed E-state index contributed by atoms with van der Waals surface area (Å²) in [5.41, 5.74) is 0. The second-order valence-electron chi connectivity index (χ2n) is 4.62. The van der Waals surface area contributed by atoms with Crippen molar-refractivity contribution in [3.63, 3.8) is 0 Å². The summed E-state index contributed by atoms with van der Waals surface area (Å²) >= 11 is 1.81. The summed E-state index contributed by atoms with van der Waals surface area (Å²) in [4.78, 5) is 8.12. The van der Waals surface area contributed by atoms with Crippen molar-refractivity contribution in [2.75, 3.05) is 30.4 Å². The van der Waals surface area contributed by atoms with Gasteiger partial charge in [-0.3, -0.25) is 0 Å². The molecule has 0 aromatic carbocycles. The van der Waals surface area contributed by atoms with Gasteiger partial charge in [0.2, 0.25) is 16.0 Å². The van der Waals surface area contributed by atoms with E-state index in [2.05, 4.69) is 26.3 Å². The predicted octanol–water partition coefficient (Wildman–Crippen LogP) is 2.11. The summed E-state index contributed by atoms with van der Waals surface area (Å²) in [5, 5.41) is 3.01. The van der Waals surface area contributed by atoms with Crippen molar-refractivity contribution in [2.24, 2.45) is 0 Å². The van der Waals surface area contributed by atoms with Gasteiger partial charge in [0.1, 0.15) is 4.90 Å². The molecule has 0 fully saturated rings. The molecule has 0 unspecified atom stereocenters. The molecule has 1 aromatic heterocycles. The highest BCUT2D eigenvalue weighted by Crippen LogP contribution is 2.08. The van der Waals surface area contributed by atoms with Gasteiger partial charge in [-0.15, -0.1) is 0 Å². The van der Waals surface area contributed by atoms with Gasteiger partial charge < -0.3 is 5.32 Å². The molecule has 0 bridgehead atoms. The van der Waals surface area contributed by atoms with Crippen molar-refractivity contribution in [2.45, 2.75) is 37.5 Å². The van der Waals surface area contributed by atoms with Gasteiger partial charge in [0, 0.05) is 13.1 Å². The quantitative estimate of drug-likeness (QED) is 0.604. The van der Waals surface area contributed by atoms with Gasteiger partial charge >= 0.3 is 0 Å². The molecule has 0 saturated carbocycles. The molecule has 0 aliphatic rings. The molecule has 6 nitrogen and oxygen atoms in total. The molecule has 21 heavy (non-hydrogen) atoms. The van der Waals surface area contributed by atoms with E-state index in [4.69, 9.17) is 0 Å². The van der Waals surface area contributed by atoms with Gasteiger partial charge in [0.15, 0.2) is 0 Å². The molecule has 0 atom stereocenters. The first-order valence-corrected chi connectivity index (χ1v) is 10.0. The van der Waals surface area contributed by atoms with Gasteiger partial charge in [0.25, 0.3) is 0 Å². The van der Waals surface area contributed by atoms with Crippen molar-refractivity contribution >= 4 is 27.7 Å². The fourth-order valence-electron chi connectivity index (χ4n) is 1.62. The lowest BCUT2D eigenvalue weighted by atomic mass is 10.2. The van der Waals surface area contributed by atoms with Gasteiger partial charge in [-0.2, -0.15) is 11.8 Å². The number of anilines is 1. The van der Waals surface area contributed by atoms with Gasteiger partial charge in [-0.25, -0.2) is 23.1 Å². The largest absolute Gasteiger partial charge is 0.354 e. The molecule has 1 heterocycles. The molecule has 0 spiro atoms. The van der Waals surface area contributed by atoms with Crippen molar-refractivity contribution in [3.8, 4) is 0 Å². The van der Waals surface area contributed by atoms with Crippen molar-refractivity contribution in [3.05, 3.63) is 12.4 Å². The minimum absolute atomic E-state index is 0.105. The van der Waals surface area contributed by atoms with E-state index in [0.717, 1.165) is 38.0 Å². The van der Waals surface area contributed by atoms with Crippen LogP contribution >= 0.6 is 11.8 Å². The first kappa shape index (κ1) is 18.2. The highest BCUT2D eigenvalue weighted by atomic mass is 32.2. The zero-order valence-electron chi connectivity index (χ0n) is 12.6. The fourth-order valence-corrected chi connectivity index (χ4v) is 3.08. The third kappa shape index (κ3) is 7.10. The Labute approximate surface area is 131 Å². The Hall–Kier alpha value is -0.860. The van der Waals surface area contributed by atoms with Crippen LogP contribution in [0.5, 0.6) is 0 Å². The van der Waals surface area contributed by atoms with Crippen LogP contribution in [0.15, 0.2) is 17.3 Å². The van der Waals surface area contributed by atoms with Crippen LogP contribution in [0.3, 0.4) is 0 Å². The van der Waals surface area contributed by atoms with E-state index in [1.54, 1.807) is 0 Å². The molecule has 0 aliphatic carbocycles. The van der Waals surface area contributed by atoms with Crippen molar-refractivity contribution in [1.29, 1.82) is 0 Å². The minimum Gasteiger partial charge on any atom is -0.354 e. The maximum Gasteiger partial charge on any atom is 0.243 e. The average Bonchev–Trinajstić information content (AvgIpc) is 2.49. The molecular formula is C13H24N4O2S2. The number of rotatable bonds is 11. The SMILES string of the molecule is CCCNc1ncc(S(=O)(=O)NCCCCCSC)cn1. The first-order chi connectivity index (χ1) is 10.1. The van der Waals surface area contributed by atoms with Crippen LogP contribution in [0.4, 0.5) is 5.95 Å². The van der Waals surface area contributed by atoms with E-state index in [0.29, 0.717) is 12.5 Å². The second-order valence-corrected chi connectivity index (χ2v) is 7.37. The number of aromatic nitrogens is 2. The molecule has 0 radical (unpaired) electrons. The maximum atomic E-state index is 12.0. The molecule has 0 aliphatic heterocycles. The summed E-state index contributed by atoms with van der Waals surface area (Å²) in [7, 11) is -3.50. The fraction of sp³-hybridized carbons (Fsp3) is 0.692. The Kier molecular flexibility index (Phi) is 8.63. The van der Waals surface area contributed by atoms with E-state index in [1.807, 2.05) is 18.7 Å². The van der Waals surface area contributed by atoms with Crippen LogP contribution in [-0.2, 0) is 10.0 Å². The maximum absolute atomic E-state index is 12.0. The van der Waals surface area contributed by atoms with Gasteiger partial charge in [-0.1, -0.05) is 13.3 Å². The molecule has 0 saturated heterocycles. The lowest BCUT2D eigenvalue weighted by molar-refractivity contribution is 0.575. The summed E-state index contributed by atoms with van der Waals surface area (Å²) in [6, 6.07) is 0. The summed E-state index contributed by atoms with van der Waals surface area (Å²) < 4.78 is 26.6. The molecule has 1 aromatic rings. The van der Waals surface area contributed by atoms with Crippen LogP contribution in [0.1, 0.15) is 32.6 Å². The smallest absolute Gasteiger partial charge is 0.243 e. The van der Waals surface area contributed by atoms with Crippen LogP contribution < -0.4 is 10.0 Å². The van der Waals surface area contributed by atoms with Crippen molar-refractivity contribution < 1.29 is 8.42 Å². The minimum atomic E-state index is -3.50. The molecule has 1 rings (SSSR count). The number of nitrogens with one attached hydrogen (secondary N) is 2. The zero-order chi connectivity index (χ0) is 15.6. The Morgan fingerprint density at radius 3 is 2.48 bits per heavy atom. The molecule has 2 N–H and O–H groups in total. The lowest BCUT2D eigenvalue weighted by Gasteiger charge is -2.07. The van der Waals surface area contributed by atoms with E-state index in [1.165, 1.54) is 12.4 Å². The Morgan fingerprint density at radius 1 is 1.14 bits per heavy atom. The van der Waals surface area contributed by atoms with Crippen LogP contribution in [0.25, 0.3) is 0 Å². The second kappa shape index (κ2) is 9.97. The van der Waals surface area contributed by atoms with E-state index >= 15 is 0 Å². The third-order valence-electron chi connectivity index (χ3n) is 2.79. The zero-order valence-corrected chi connectivity index (χ0v) is 14.3. The predicted molar refractivity (Wildman–Crippen MR) is 88.2 cm³/mol. The summed E-state index contributed by atoms with van der Waals surface area (Å²) in [5.74, 6) is 1.57. The Balaban J connectivity index is 2.42. The average molecular weight is 332 g/mol. The number of hydrogen-bond donors (Lipinski definition) is 2. The van der Waals surface area contributed by atoms with Gasteiger partial charge in [-0.05, 0) is 31.3 Å². The number of hydrogen-bond acceptors (Lipinski definition) is 6. The number of thioether (sulfide) groups is 1. The van der Waals surface area contributed by atoms with Crippen molar-refractivity contribution in [1.82, 2.24) is 14.7 Å². The summed E-state index contributed by atoms with van der Waals surface area (Å²) in [6.07, 6.45) is 8.69. The lowest BCUT2D eigenvalue weighted by Crippen LogP contribution is -2.25. The Bertz CT molecular complexity index is 491. The van der Waals surface area contributed by atoms with E-state index in [-0.39, 0.29) is 4.90 Å². The van der Waals surface area contributed by atoms with Crippen LogP contribution in [-0.4, -0.2) is 43.5 Å². The van der Waals surface area contributed by atoms with Crippen LogP contribution in [0, 0.1) is 0 Å². The number of sulfonamides is 1. The molecule has 8 heteroatoms. The molecule has 120 valence electrons. The third-order valence-corrected chi connectivity index (χ3v) is 4.90. The first-order valence-electron chi connectivity index (χ1n) is 7.14. The highest BCUT2D eigenvalue weighted by Gasteiger charge is 2.14. The number of unbranched alkanes of at least 4 members (excludes halogenated alkanes) is 2. The van der Waals surface area contributed by atoms with Gasteiger partial charge in [0.05, 0.1) is 12.4 Å². The highest BCUT2D eigenvalue weighted by molar-refractivity contribution is 7.98. The van der Waals surface area contributed by atoms with Crippen LogP contribution in [0.2, 0.25) is 0 Å². The van der Waals surface area contributed by atoms with E-state index in [9.17, 15) is 8.42 Å². The monoisotopic (exact) mass is 332 g/mol. The molecular weight excluding hydrogens is 308 g/mol. The summed E-state index contributed by atoms with van der Waals surface area (Å²) in [6.45, 7) is 3.25. The normalized spacial score (nSPS) is 11.5. The number of nitrogens with zero attached hydrogens (tertiary/aromatic N) is 2. The molecule has 0 amide bonds. The topological polar surface area (TPSA) is 84.0 Å².